The van der Waals surface area contributed by atoms with Gasteiger partial charge in [0.25, 0.3) is 11.8 Å². The maximum atomic E-state index is 12.6. The highest BCUT2D eigenvalue weighted by atomic mass is 35.5. The molecule has 0 aromatic heterocycles. The van der Waals surface area contributed by atoms with E-state index in [1.165, 1.54) is 25.7 Å². The lowest BCUT2D eigenvalue weighted by atomic mass is 9.98. The van der Waals surface area contributed by atoms with Crippen LogP contribution in [0.15, 0.2) is 132 Å². The van der Waals surface area contributed by atoms with Gasteiger partial charge in [-0.05, 0) is 76.7 Å². The van der Waals surface area contributed by atoms with E-state index in [1.54, 1.807) is 36.4 Å². The van der Waals surface area contributed by atoms with Gasteiger partial charge in [0.05, 0.1) is 52.7 Å². The third kappa shape index (κ3) is 9.76. The van der Waals surface area contributed by atoms with Crippen molar-refractivity contribution in [1.82, 2.24) is 0 Å². The predicted molar refractivity (Wildman–Crippen MR) is 282 cm³/mol. The first-order valence-electron chi connectivity index (χ1n) is 21.9. The van der Waals surface area contributed by atoms with Crippen LogP contribution in [0.5, 0.6) is 0 Å². The van der Waals surface area contributed by atoms with Crippen LogP contribution in [0, 0.1) is 0 Å². The first-order valence-corrected chi connectivity index (χ1v) is 24.2. The summed E-state index contributed by atoms with van der Waals surface area (Å²) < 4.78 is 5.06. The molecular formula is C55H35Cl6N3O8. The van der Waals surface area contributed by atoms with Crippen LogP contribution in [0.2, 0.25) is 30.1 Å². The average molecular weight is 1080 g/mol. The molecular weight excluding hydrogens is 1040 g/mol. The number of oxime groups is 1. The molecule has 2 amide bonds. The van der Waals surface area contributed by atoms with E-state index in [-0.39, 0.29) is 30.0 Å². The van der Waals surface area contributed by atoms with E-state index in [9.17, 15) is 28.8 Å². The number of fused-ring (bicyclic) bond motifs is 6. The van der Waals surface area contributed by atoms with Gasteiger partial charge in [0.2, 0.25) is 11.6 Å². The summed E-state index contributed by atoms with van der Waals surface area (Å²) >= 11 is 35.7. The van der Waals surface area contributed by atoms with Crippen molar-refractivity contribution in [2.75, 3.05) is 17.7 Å². The maximum absolute atomic E-state index is 12.6. The number of halogens is 6. The second-order valence-corrected chi connectivity index (χ2v) is 19.2. The van der Waals surface area contributed by atoms with Gasteiger partial charge in [0, 0.05) is 65.1 Å². The van der Waals surface area contributed by atoms with Crippen LogP contribution < -0.4 is 10.6 Å². The number of ether oxygens (including phenoxy) is 1. The van der Waals surface area contributed by atoms with Gasteiger partial charge in [0.1, 0.15) is 18.6 Å². The number of amides is 2. The number of carbonyl (C=O) groups is 6. The van der Waals surface area contributed by atoms with Gasteiger partial charge < -0.3 is 20.2 Å². The van der Waals surface area contributed by atoms with Crippen molar-refractivity contribution >= 4 is 139 Å². The highest BCUT2D eigenvalue weighted by Crippen LogP contribution is 2.44. The average Bonchev–Trinajstić information content (AvgIpc) is 4.19. The number of esters is 1. The van der Waals surface area contributed by atoms with Crippen molar-refractivity contribution in [3.05, 3.63) is 212 Å². The van der Waals surface area contributed by atoms with Crippen LogP contribution >= 0.6 is 69.6 Å². The van der Waals surface area contributed by atoms with E-state index >= 15 is 0 Å². The fraction of sp³-hybridized carbons (Fsp3) is 0.109. The zero-order valence-electron chi connectivity index (χ0n) is 37.8. The molecule has 11 nitrogen and oxygen atoms in total. The lowest BCUT2D eigenvalue weighted by Crippen LogP contribution is -2.10. The van der Waals surface area contributed by atoms with Crippen LogP contribution in [0.4, 0.5) is 11.4 Å². The van der Waals surface area contributed by atoms with E-state index in [0.717, 1.165) is 39.8 Å². The minimum Gasteiger partial charge on any atom is -0.426 e. The zero-order valence-corrected chi connectivity index (χ0v) is 42.3. The Labute approximate surface area is 442 Å². The fourth-order valence-electron chi connectivity index (χ4n) is 9.06. The van der Waals surface area contributed by atoms with Crippen molar-refractivity contribution in [2.45, 2.75) is 32.6 Å². The normalized spacial score (nSPS) is 17.7. The number of allylic oxidation sites excluding steroid dienone is 3. The van der Waals surface area contributed by atoms with Crippen molar-refractivity contribution in [1.29, 1.82) is 0 Å². The number of rotatable bonds is 2. The van der Waals surface area contributed by atoms with Gasteiger partial charge in [-0.25, -0.2) is 0 Å². The number of nitrogens with one attached hydrogen (secondary N) is 2. The Hall–Kier alpha value is -6.83. The van der Waals surface area contributed by atoms with Crippen LogP contribution in [-0.4, -0.2) is 48.0 Å². The molecule has 0 saturated heterocycles. The van der Waals surface area contributed by atoms with Gasteiger partial charge in [-0.3, -0.25) is 28.8 Å². The maximum Gasteiger partial charge on any atom is 0.308 e. The number of anilines is 2. The summed E-state index contributed by atoms with van der Waals surface area (Å²) in [5, 5.41) is 12.0. The Morgan fingerprint density at radius 2 is 0.986 bits per heavy atom. The minimum atomic E-state index is -0.464. The summed E-state index contributed by atoms with van der Waals surface area (Å²) in [6.07, 6.45) is 4.01. The molecule has 6 aliphatic rings. The lowest BCUT2D eigenvalue weighted by molar-refractivity contribution is -0.134. The molecule has 17 heteroatoms. The lowest BCUT2D eigenvalue weighted by Gasteiger charge is -2.06. The monoisotopic (exact) mass is 1080 g/mol. The van der Waals surface area contributed by atoms with Crippen molar-refractivity contribution in [3.63, 3.8) is 0 Å². The van der Waals surface area contributed by atoms with E-state index in [2.05, 4.69) is 15.8 Å². The molecule has 0 fully saturated rings. The van der Waals surface area contributed by atoms with E-state index in [1.807, 2.05) is 72.8 Å². The molecule has 6 aromatic rings. The number of nitrogens with zero attached hydrogens (tertiary/aromatic N) is 1. The number of Topliss-reactive ketones (excluding diaryl/α,β-unsaturated/α-hetero) is 3. The zero-order chi connectivity index (χ0) is 51.1. The number of benzene rings is 6. The largest absolute Gasteiger partial charge is 0.426 e. The Morgan fingerprint density at radius 3 is 1.56 bits per heavy atom. The molecule has 12 rings (SSSR count). The number of hydrogen-bond acceptors (Lipinski definition) is 9. The SMILES string of the molecule is CC(=O)OC1=CCc2ccccc21.CO/N=C1/C(=C2/C(=O)Nc3cc(Cl)c(Cl)cc32)Cc2ccccc21.O=C1Cc2cc(Cl)c(Cl)cc2C1=O.O=C1Nc2cc(Cl)c(Cl)cc2/C1=C1/Cc2ccccc2C1=O. The Kier molecular flexibility index (Phi) is 14.4. The highest BCUT2D eigenvalue weighted by Gasteiger charge is 2.37. The van der Waals surface area contributed by atoms with Gasteiger partial charge in [-0.15, -0.1) is 0 Å². The Bertz CT molecular complexity index is 3540. The smallest absolute Gasteiger partial charge is 0.308 e. The second-order valence-electron chi connectivity index (χ2n) is 16.7. The third-order valence-corrected chi connectivity index (χ3v) is 14.4. The molecule has 0 atom stereocenters. The fourth-order valence-corrected chi connectivity index (χ4v) is 10.1. The third-order valence-electron chi connectivity index (χ3n) is 12.3. The first kappa shape index (κ1) is 50.1. The summed E-state index contributed by atoms with van der Waals surface area (Å²) in [4.78, 5) is 75.5. The molecule has 0 radical (unpaired) electrons. The highest BCUT2D eigenvalue weighted by molar-refractivity contribution is 6.49. The van der Waals surface area contributed by atoms with Crippen LogP contribution in [0.25, 0.3) is 16.9 Å². The summed E-state index contributed by atoms with van der Waals surface area (Å²) in [6, 6.07) is 32.9. The van der Waals surface area contributed by atoms with Crippen LogP contribution in [0.1, 0.15) is 72.1 Å². The summed E-state index contributed by atoms with van der Waals surface area (Å²) in [5.41, 5.74) is 12.6. The van der Waals surface area contributed by atoms with Crippen molar-refractivity contribution < 1.29 is 38.3 Å². The molecule has 4 aliphatic carbocycles. The quantitative estimate of drug-likeness (QED) is 0.0751. The Balaban J connectivity index is 0.000000123. The molecule has 360 valence electrons. The molecule has 6 aromatic carbocycles. The number of hydrogen-bond donors (Lipinski definition) is 2. The van der Waals surface area contributed by atoms with Crippen LogP contribution in [-0.2, 0) is 54.4 Å². The van der Waals surface area contributed by atoms with Crippen molar-refractivity contribution in [3.8, 4) is 0 Å². The minimum absolute atomic E-state index is 0.0975. The van der Waals surface area contributed by atoms with Gasteiger partial charge in [-0.1, -0.05) is 148 Å². The molecule has 0 saturated carbocycles. The van der Waals surface area contributed by atoms with E-state index in [0.29, 0.717) is 105 Å². The van der Waals surface area contributed by atoms with Crippen LogP contribution in [0.3, 0.4) is 0 Å². The molecule has 2 heterocycles. The van der Waals surface area contributed by atoms with E-state index in [4.69, 9.17) is 79.2 Å². The second kappa shape index (κ2) is 20.7. The van der Waals surface area contributed by atoms with Crippen molar-refractivity contribution in [2.24, 2.45) is 5.16 Å². The van der Waals surface area contributed by atoms with Gasteiger partial charge >= 0.3 is 5.97 Å². The molecule has 2 aliphatic heterocycles. The number of carbonyl (C=O) groups excluding carboxylic acids is 6. The van der Waals surface area contributed by atoms with Gasteiger partial charge in [0.15, 0.2) is 5.78 Å². The molecule has 0 spiro atoms. The number of ketones is 3. The summed E-state index contributed by atoms with van der Waals surface area (Å²) in [6.45, 7) is 1.42. The molecule has 72 heavy (non-hydrogen) atoms. The standard InChI is InChI=1S/C18H12Cl2N2O2.C17H9Cl2NO2.C11H10O2.C9H4Cl2O2/c1-24-22-17-10-5-3-2-4-9(10)6-12(17)16-11-7-13(19)14(20)8-15(11)21-18(16)23;18-12-6-10-14(7-13(12)19)20-17(22)15(10)11-5-8-3-1-2-4-9(8)16(11)21;1-8(12)13-11-7-6-9-4-2-3-5-10(9)11;10-6-1-4-2-8(12)9(13)5(4)3-7(6)11/h2-5,7-8H,6H2,1H3,(H,21,23);1-4,6-7H,5H2,(H,20,22);2-5,7H,6H2,1H3;1,3H,2H2/b16-12+,22-17+;15-11+;;. The van der Waals surface area contributed by atoms with E-state index < -0.39 is 11.6 Å². The summed E-state index contributed by atoms with van der Waals surface area (Å²) in [7, 11) is 1.50. The molecule has 2 N–H and O–H groups in total. The Morgan fingerprint density at radius 1 is 0.514 bits per heavy atom. The first-order chi connectivity index (χ1) is 34.5. The topological polar surface area (TPSA) is 157 Å². The molecule has 0 bridgehead atoms. The van der Waals surface area contributed by atoms with Gasteiger partial charge in [-0.2, -0.15) is 0 Å². The molecule has 0 unspecified atom stereocenters. The summed E-state index contributed by atoms with van der Waals surface area (Å²) in [5.74, 6) is -0.993. The predicted octanol–water partition coefficient (Wildman–Crippen LogP) is 12.9.